The Morgan fingerprint density at radius 3 is 2.39 bits per heavy atom. The second-order valence-corrected chi connectivity index (χ2v) is 5.67. The molecule has 0 aliphatic heterocycles. The Morgan fingerprint density at radius 1 is 1.00 bits per heavy atom. The number of halogens is 1. The SMILES string of the molecule is Cc1c(CN(C)Cc2ccccc2)nnn1-c1ccc(F)cc1. The van der Waals surface area contributed by atoms with E-state index in [2.05, 4.69) is 34.4 Å². The van der Waals surface area contributed by atoms with Crippen molar-refractivity contribution in [2.75, 3.05) is 7.05 Å². The second-order valence-electron chi connectivity index (χ2n) is 5.67. The van der Waals surface area contributed by atoms with Crippen molar-refractivity contribution in [2.24, 2.45) is 0 Å². The molecule has 4 nitrogen and oxygen atoms in total. The van der Waals surface area contributed by atoms with Gasteiger partial charge in [0, 0.05) is 13.1 Å². The van der Waals surface area contributed by atoms with Crippen LogP contribution in [0.15, 0.2) is 54.6 Å². The molecule has 2 aromatic carbocycles. The van der Waals surface area contributed by atoms with Gasteiger partial charge in [-0.2, -0.15) is 0 Å². The van der Waals surface area contributed by atoms with Crippen LogP contribution in [0.4, 0.5) is 4.39 Å². The molecule has 0 atom stereocenters. The number of rotatable bonds is 5. The number of nitrogens with zero attached hydrogens (tertiary/aromatic N) is 4. The van der Waals surface area contributed by atoms with Gasteiger partial charge in [-0.25, -0.2) is 9.07 Å². The third-order valence-electron chi connectivity index (χ3n) is 3.78. The van der Waals surface area contributed by atoms with Crippen molar-refractivity contribution < 1.29 is 4.39 Å². The predicted octanol–water partition coefficient (Wildman–Crippen LogP) is 3.35. The lowest BCUT2D eigenvalue weighted by atomic mass is 10.2. The molecule has 5 heteroatoms. The Hall–Kier alpha value is -2.53. The van der Waals surface area contributed by atoms with Crippen molar-refractivity contribution >= 4 is 0 Å². The van der Waals surface area contributed by atoms with E-state index in [1.165, 1.54) is 17.7 Å². The van der Waals surface area contributed by atoms with Crippen LogP contribution < -0.4 is 0 Å². The largest absolute Gasteiger partial charge is 0.296 e. The fraction of sp³-hybridized carbons (Fsp3) is 0.222. The maximum absolute atomic E-state index is 13.0. The summed E-state index contributed by atoms with van der Waals surface area (Å²) in [5, 5.41) is 8.47. The molecule has 3 aromatic rings. The average Bonchev–Trinajstić information content (AvgIpc) is 2.90. The first kappa shape index (κ1) is 15.4. The molecule has 1 heterocycles. The van der Waals surface area contributed by atoms with Crippen molar-refractivity contribution in [1.82, 2.24) is 19.9 Å². The summed E-state index contributed by atoms with van der Waals surface area (Å²) in [6, 6.07) is 16.6. The van der Waals surface area contributed by atoms with Crippen molar-refractivity contribution in [3.63, 3.8) is 0 Å². The van der Waals surface area contributed by atoms with Crippen LogP contribution in [-0.2, 0) is 13.1 Å². The van der Waals surface area contributed by atoms with Gasteiger partial charge in [0.2, 0.25) is 0 Å². The first-order valence-corrected chi connectivity index (χ1v) is 7.53. The Morgan fingerprint density at radius 2 is 1.70 bits per heavy atom. The molecule has 3 rings (SSSR count). The summed E-state index contributed by atoms with van der Waals surface area (Å²) in [6.07, 6.45) is 0. The fourth-order valence-corrected chi connectivity index (χ4v) is 2.54. The van der Waals surface area contributed by atoms with E-state index >= 15 is 0 Å². The molecule has 0 spiro atoms. The topological polar surface area (TPSA) is 34.0 Å². The zero-order valence-corrected chi connectivity index (χ0v) is 13.3. The minimum Gasteiger partial charge on any atom is -0.296 e. The van der Waals surface area contributed by atoms with E-state index in [0.717, 1.165) is 23.6 Å². The molecule has 118 valence electrons. The molecular formula is C18H19FN4. The minimum atomic E-state index is -0.255. The van der Waals surface area contributed by atoms with Crippen molar-refractivity contribution in [3.05, 3.63) is 77.4 Å². The molecule has 1 aromatic heterocycles. The Labute approximate surface area is 135 Å². The molecule has 0 N–H and O–H groups in total. The molecule has 0 aliphatic carbocycles. The van der Waals surface area contributed by atoms with Gasteiger partial charge in [-0.15, -0.1) is 5.10 Å². The maximum atomic E-state index is 13.0. The van der Waals surface area contributed by atoms with Crippen LogP contribution >= 0.6 is 0 Å². The normalized spacial score (nSPS) is 11.1. The van der Waals surface area contributed by atoms with E-state index in [0.29, 0.717) is 6.54 Å². The predicted molar refractivity (Wildman–Crippen MR) is 87.7 cm³/mol. The van der Waals surface area contributed by atoms with Gasteiger partial charge in [-0.3, -0.25) is 4.90 Å². The summed E-state index contributed by atoms with van der Waals surface area (Å²) >= 11 is 0. The van der Waals surface area contributed by atoms with Crippen LogP contribution in [0.1, 0.15) is 17.0 Å². The molecule has 0 bridgehead atoms. The van der Waals surface area contributed by atoms with Gasteiger partial charge >= 0.3 is 0 Å². The highest BCUT2D eigenvalue weighted by Gasteiger charge is 2.12. The third-order valence-corrected chi connectivity index (χ3v) is 3.78. The first-order chi connectivity index (χ1) is 11.1. The van der Waals surface area contributed by atoms with E-state index < -0.39 is 0 Å². The van der Waals surface area contributed by atoms with E-state index in [-0.39, 0.29) is 5.82 Å². The van der Waals surface area contributed by atoms with Crippen LogP contribution in [0.3, 0.4) is 0 Å². The Kier molecular flexibility index (Phi) is 4.48. The highest BCUT2D eigenvalue weighted by atomic mass is 19.1. The van der Waals surface area contributed by atoms with Crippen LogP contribution in [0.5, 0.6) is 0 Å². The summed E-state index contributed by atoms with van der Waals surface area (Å²) < 4.78 is 14.8. The molecule has 23 heavy (non-hydrogen) atoms. The van der Waals surface area contributed by atoms with E-state index in [9.17, 15) is 4.39 Å². The van der Waals surface area contributed by atoms with E-state index in [1.54, 1.807) is 16.8 Å². The third kappa shape index (κ3) is 3.63. The number of benzene rings is 2. The average molecular weight is 310 g/mol. The number of hydrogen-bond acceptors (Lipinski definition) is 3. The Balaban J connectivity index is 1.73. The van der Waals surface area contributed by atoms with Gasteiger partial charge in [0.05, 0.1) is 11.4 Å². The van der Waals surface area contributed by atoms with Gasteiger partial charge in [0.1, 0.15) is 11.5 Å². The highest BCUT2D eigenvalue weighted by Crippen LogP contribution is 2.15. The zero-order chi connectivity index (χ0) is 16.2. The van der Waals surface area contributed by atoms with Gasteiger partial charge in [0.15, 0.2) is 0 Å². The molecular weight excluding hydrogens is 291 g/mol. The molecule has 0 radical (unpaired) electrons. The highest BCUT2D eigenvalue weighted by molar-refractivity contribution is 5.33. The standard InChI is InChI=1S/C18H19FN4/c1-14-18(13-22(2)12-15-6-4-3-5-7-15)20-21-23(14)17-10-8-16(19)9-11-17/h3-11H,12-13H2,1-2H3. The quantitative estimate of drug-likeness (QED) is 0.725. The van der Waals surface area contributed by atoms with Crippen LogP contribution in [0, 0.1) is 12.7 Å². The van der Waals surface area contributed by atoms with Gasteiger partial charge in [-0.1, -0.05) is 35.5 Å². The van der Waals surface area contributed by atoms with Crippen molar-refractivity contribution in [3.8, 4) is 5.69 Å². The lowest BCUT2D eigenvalue weighted by Gasteiger charge is -2.15. The summed E-state index contributed by atoms with van der Waals surface area (Å²) in [6.45, 7) is 3.54. The monoisotopic (exact) mass is 310 g/mol. The maximum Gasteiger partial charge on any atom is 0.123 e. The van der Waals surface area contributed by atoms with Crippen LogP contribution in [-0.4, -0.2) is 26.9 Å². The fourth-order valence-electron chi connectivity index (χ4n) is 2.54. The minimum absolute atomic E-state index is 0.255. The van der Waals surface area contributed by atoms with E-state index in [4.69, 9.17) is 0 Å². The van der Waals surface area contributed by atoms with Crippen LogP contribution in [0.2, 0.25) is 0 Å². The molecule has 0 fully saturated rings. The lowest BCUT2D eigenvalue weighted by molar-refractivity contribution is 0.314. The molecule has 0 unspecified atom stereocenters. The smallest absolute Gasteiger partial charge is 0.123 e. The summed E-state index contributed by atoms with van der Waals surface area (Å²) in [7, 11) is 2.06. The number of aromatic nitrogens is 3. The summed E-state index contributed by atoms with van der Waals surface area (Å²) in [4.78, 5) is 2.20. The first-order valence-electron chi connectivity index (χ1n) is 7.53. The molecule has 0 saturated heterocycles. The summed E-state index contributed by atoms with van der Waals surface area (Å²) in [5.74, 6) is -0.255. The van der Waals surface area contributed by atoms with Gasteiger partial charge in [0.25, 0.3) is 0 Å². The Bertz CT molecular complexity index is 765. The zero-order valence-electron chi connectivity index (χ0n) is 13.3. The molecule has 0 saturated carbocycles. The molecule has 0 amide bonds. The van der Waals surface area contributed by atoms with E-state index in [1.807, 2.05) is 25.1 Å². The van der Waals surface area contributed by atoms with Crippen LogP contribution in [0.25, 0.3) is 5.69 Å². The second kappa shape index (κ2) is 6.71. The molecule has 0 aliphatic rings. The van der Waals surface area contributed by atoms with Gasteiger partial charge < -0.3 is 0 Å². The van der Waals surface area contributed by atoms with Crippen molar-refractivity contribution in [1.29, 1.82) is 0 Å². The summed E-state index contributed by atoms with van der Waals surface area (Å²) in [5.41, 5.74) is 3.97. The van der Waals surface area contributed by atoms with Gasteiger partial charge in [-0.05, 0) is 43.8 Å². The van der Waals surface area contributed by atoms with Crippen molar-refractivity contribution in [2.45, 2.75) is 20.0 Å². The lowest BCUT2D eigenvalue weighted by Crippen LogP contribution is -2.18. The number of hydrogen-bond donors (Lipinski definition) is 0.